The van der Waals surface area contributed by atoms with Crippen LogP contribution < -0.4 is 9.80 Å². The number of likely N-dealkylation sites (N-methyl/N-ethyl adjacent to an activating group) is 2. The van der Waals surface area contributed by atoms with E-state index in [0.717, 1.165) is 11.6 Å². The molecule has 0 unspecified atom stereocenters. The summed E-state index contributed by atoms with van der Waals surface area (Å²) in [6.07, 6.45) is 6.18. The number of aromatic nitrogens is 4. The minimum atomic E-state index is -0.402. The van der Waals surface area contributed by atoms with Crippen LogP contribution in [0.3, 0.4) is 0 Å². The Hall–Kier alpha value is -6.45. The molecule has 4 aromatic heterocycles. The van der Waals surface area contributed by atoms with E-state index in [4.69, 9.17) is 23.0 Å². The Bertz CT molecular complexity index is 1740. The molecule has 4 aromatic rings. The molecule has 15 heteroatoms. The van der Waals surface area contributed by atoms with Crippen molar-refractivity contribution in [2.24, 2.45) is 20.5 Å². The summed E-state index contributed by atoms with van der Waals surface area (Å²) in [5.41, 5.74) is 2.71. The van der Waals surface area contributed by atoms with Gasteiger partial charge in [0.05, 0.1) is 25.5 Å². The molecular weight excluding hydrogens is 600 g/mol. The Balaban J connectivity index is 0.000000261. The number of azo groups is 2. The van der Waals surface area contributed by atoms with Crippen molar-refractivity contribution in [2.75, 3.05) is 50.2 Å². The highest BCUT2D eigenvalue weighted by molar-refractivity contribution is 5.86. The maximum absolute atomic E-state index is 11.3. The van der Waals surface area contributed by atoms with E-state index in [1.54, 1.807) is 61.8 Å². The standard InChI is InChI=1S/C18H18N6O2.C14H14N6O/c1-13(2)18(25)26-10-9-24(4)17-8-6-15(12-21-17)23-22-14-5-7-16(19-3)20-11-14;1-15-13-5-3-11(9-16-13)18-19-12-4-6-14(17-10-12)20(2)7-8-21/h5-8,11-12H,1,9-10H2,2,4H3;3-6,9-10,21H,7-8H2,2H3. The van der Waals surface area contributed by atoms with Crippen molar-refractivity contribution in [1.82, 2.24) is 19.9 Å². The molecule has 0 aliphatic rings. The summed E-state index contributed by atoms with van der Waals surface area (Å²) < 4.78 is 5.06. The Morgan fingerprint density at radius 3 is 1.47 bits per heavy atom. The SMILES string of the molecule is [C-]#[N+]c1ccc(N=Nc2ccc(N(C)CCO)nc2)cn1.[C-]#[N+]c1ccc(N=Nc2ccc(N(C)CCOC(=O)C(=C)C)nc2)cn1. The van der Waals surface area contributed by atoms with Crippen LogP contribution in [-0.4, -0.2) is 71.4 Å². The molecular formula is C32H32N12O3. The molecule has 0 saturated carbocycles. The molecule has 0 aromatic carbocycles. The van der Waals surface area contributed by atoms with E-state index >= 15 is 0 Å². The van der Waals surface area contributed by atoms with Crippen molar-refractivity contribution in [2.45, 2.75) is 6.92 Å². The molecule has 0 spiro atoms. The van der Waals surface area contributed by atoms with Gasteiger partial charge in [-0.3, -0.25) is 0 Å². The number of anilines is 2. The summed E-state index contributed by atoms with van der Waals surface area (Å²) in [6.45, 7) is 20.2. The lowest BCUT2D eigenvalue weighted by Crippen LogP contribution is -2.24. The van der Waals surface area contributed by atoms with Gasteiger partial charge in [-0.05, 0) is 55.5 Å². The molecule has 4 rings (SSSR count). The monoisotopic (exact) mass is 632 g/mol. The van der Waals surface area contributed by atoms with Crippen molar-refractivity contribution in [3.05, 3.63) is 108 Å². The first kappa shape index (κ1) is 35.0. The molecule has 1 N–H and O–H groups in total. The highest BCUT2D eigenvalue weighted by Crippen LogP contribution is 2.22. The third-order valence-electron chi connectivity index (χ3n) is 5.95. The maximum Gasteiger partial charge on any atom is 0.333 e. The number of pyridine rings is 4. The van der Waals surface area contributed by atoms with E-state index in [2.05, 4.69) is 56.7 Å². The van der Waals surface area contributed by atoms with Crippen LogP contribution in [0.15, 0.2) is 106 Å². The molecule has 0 atom stereocenters. The molecule has 0 radical (unpaired) electrons. The first-order chi connectivity index (χ1) is 22.7. The van der Waals surface area contributed by atoms with Crippen molar-refractivity contribution in [3.63, 3.8) is 0 Å². The molecule has 238 valence electrons. The van der Waals surface area contributed by atoms with Gasteiger partial charge in [-0.15, -0.1) is 30.4 Å². The van der Waals surface area contributed by atoms with E-state index in [1.165, 1.54) is 12.4 Å². The average molecular weight is 633 g/mol. The molecule has 0 aliphatic carbocycles. The quantitative estimate of drug-likeness (QED) is 0.0760. The van der Waals surface area contributed by atoms with Gasteiger partial charge in [-0.25, -0.2) is 14.8 Å². The second-order valence-corrected chi connectivity index (χ2v) is 9.60. The van der Waals surface area contributed by atoms with Crippen molar-refractivity contribution < 1.29 is 14.6 Å². The second kappa shape index (κ2) is 18.4. The van der Waals surface area contributed by atoms with E-state index in [1.807, 2.05) is 30.0 Å². The normalized spacial score (nSPS) is 10.4. The molecule has 0 bridgehead atoms. The van der Waals surface area contributed by atoms with Crippen LogP contribution in [0.2, 0.25) is 0 Å². The molecule has 0 saturated heterocycles. The van der Waals surface area contributed by atoms with Crippen LogP contribution in [-0.2, 0) is 9.53 Å². The highest BCUT2D eigenvalue weighted by atomic mass is 16.5. The van der Waals surface area contributed by atoms with Gasteiger partial charge in [0, 0.05) is 26.2 Å². The van der Waals surface area contributed by atoms with Crippen LogP contribution >= 0.6 is 0 Å². The first-order valence-electron chi connectivity index (χ1n) is 14.0. The molecule has 0 fully saturated rings. The van der Waals surface area contributed by atoms with Crippen molar-refractivity contribution in [3.8, 4) is 0 Å². The topological polar surface area (TPSA) is 163 Å². The summed E-state index contributed by atoms with van der Waals surface area (Å²) in [6, 6.07) is 13.7. The molecule has 0 amide bonds. The van der Waals surface area contributed by atoms with Crippen LogP contribution in [0, 0.1) is 13.1 Å². The number of carbonyl (C=O) groups excluding carboxylic acids is 1. The number of hydrogen-bond donors (Lipinski definition) is 1. The lowest BCUT2D eigenvalue weighted by atomic mass is 10.4. The summed E-state index contributed by atoms with van der Waals surface area (Å²) in [7, 11) is 3.70. The fourth-order valence-corrected chi connectivity index (χ4v) is 3.34. The van der Waals surface area contributed by atoms with E-state index < -0.39 is 5.97 Å². The largest absolute Gasteiger partial charge is 0.460 e. The number of aliphatic hydroxyl groups is 1. The number of esters is 1. The summed E-state index contributed by atoms with van der Waals surface area (Å²) in [4.78, 5) is 37.8. The molecule has 0 aliphatic heterocycles. The highest BCUT2D eigenvalue weighted by Gasteiger charge is 2.07. The number of aliphatic hydroxyl groups excluding tert-OH is 1. The number of ether oxygens (including phenoxy) is 1. The first-order valence-corrected chi connectivity index (χ1v) is 14.0. The lowest BCUT2D eigenvalue weighted by molar-refractivity contribution is -0.138. The fourth-order valence-electron chi connectivity index (χ4n) is 3.34. The molecule has 15 nitrogen and oxygen atoms in total. The van der Waals surface area contributed by atoms with Gasteiger partial charge in [0.1, 0.15) is 53.4 Å². The van der Waals surface area contributed by atoms with E-state index in [0.29, 0.717) is 53.0 Å². The zero-order valence-corrected chi connectivity index (χ0v) is 26.1. The van der Waals surface area contributed by atoms with Crippen LogP contribution in [0.5, 0.6) is 0 Å². The van der Waals surface area contributed by atoms with Gasteiger partial charge < -0.3 is 29.3 Å². The zero-order valence-electron chi connectivity index (χ0n) is 26.1. The Labute approximate surface area is 272 Å². The molecule has 47 heavy (non-hydrogen) atoms. The van der Waals surface area contributed by atoms with Gasteiger partial charge in [0.25, 0.3) is 11.6 Å². The summed E-state index contributed by atoms with van der Waals surface area (Å²) >= 11 is 0. The number of hydrogen-bond acceptors (Lipinski definition) is 13. The lowest BCUT2D eigenvalue weighted by Gasteiger charge is -2.17. The minimum Gasteiger partial charge on any atom is -0.460 e. The summed E-state index contributed by atoms with van der Waals surface area (Å²) in [5, 5.41) is 25.1. The predicted molar refractivity (Wildman–Crippen MR) is 177 cm³/mol. The van der Waals surface area contributed by atoms with Crippen molar-refractivity contribution in [1.29, 1.82) is 0 Å². The predicted octanol–water partition coefficient (Wildman–Crippen LogP) is 6.87. The van der Waals surface area contributed by atoms with Crippen molar-refractivity contribution >= 4 is 52.0 Å². The third-order valence-corrected chi connectivity index (χ3v) is 5.95. The smallest absolute Gasteiger partial charge is 0.333 e. The van der Waals surface area contributed by atoms with Crippen LogP contribution in [0.25, 0.3) is 9.69 Å². The fraction of sp³-hybridized carbons (Fsp3) is 0.219. The second-order valence-electron chi connectivity index (χ2n) is 9.60. The Morgan fingerprint density at radius 1 is 0.745 bits per heavy atom. The molecule has 4 heterocycles. The van der Waals surface area contributed by atoms with Gasteiger partial charge in [0.15, 0.2) is 0 Å². The van der Waals surface area contributed by atoms with E-state index in [-0.39, 0.29) is 13.2 Å². The van der Waals surface area contributed by atoms with Gasteiger partial charge in [-0.2, -0.15) is 0 Å². The number of rotatable bonds is 12. The summed E-state index contributed by atoms with van der Waals surface area (Å²) in [5.74, 6) is 1.71. The maximum atomic E-state index is 11.3. The Morgan fingerprint density at radius 2 is 1.15 bits per heavy atom. The zero-order chi connectivity index (χ0) is 34.0. The third kappa shape index (κ3) is 11.9. The van der Waals surface area contributed by atoms with Crippen LogP contribution in [0.4, 0.5) is 46.0 Å². The minimum absolute atomic E-state index is 0.0766. The van der Waals surface area contributed by atoms with Crippen LogP contribution in [0.1, 0.15) is 6.92 Å². The average Bonchev–Trinajstić information content (AvgIpc) is 3.11. The van der Waals surface area contributed by atoms with E-state index in [9.17, 15) is 4.79 Å². The van der Waals surface area contributed by atoms with Gasteiger partial charge in [-0.1, -0.05) is 19.7 Å². The number of nitrogens with zero attached hydrogens (tertiary/aromatic N) is 12. The van der Waals surface area contributed by atoms with Gasteiger partial charge in [0.2, 0.25) is 0 Å². The van der Waals surface area contributed by atoms with Gasteiger partial charge >= 0.3 is 5.97 Å². The Kier molecular flexibility index (Phi) is 13.7. The number of carbonyl (C=O) groups is 1.